The molecule has 0 atom stereocenters. The molecule has 0 bridgehead atoms. The fourth-order valence-corrected chi connectivity index (χ4v) is 4.79. The topological polar surface area (TPSA) is 167 Å². The van der Waals surface area contributed by atoms with Crippen molar-refractivity contribution in [2.75, 3.05) is 0 Å². The summed E-state index contributed by atoms with van der Waals surface area (Å²) in [5.41, 5.74) is 1.84. The van der Waals surface area contributed by atoms with Crippen LogP contribution < -0.4 is 15.4 Å². The van der Waals surface area contributed by atoms with Gasteiger partial charge < -0.3 is 14.2 Å². The average Bonchev–Trinajstić information content (AvgIpc) is 2.97. The van der Waals surface area contributed by atoms with E-state index in [1.807, 2.05) is 18.2 Å². The van der Waals surface area contributed by atoms with E-state index < -0.39 is 29.4 Å². The number of guanidine groups is 1. The number of ketones is 1. The van der Waals surface area contributed by atoms with Crippen molar-refractivity contribution in [3.63, 3.8) is 0 Å². The van der Waals surface area contributed by atoms with Crippen molar-refractivity contribution in [3.8, 4) is 5.75 Å². The molecule has 278 valence electrons. The summed E-state index contributed by atoms with van der Waals surface area (Å²) in [6.45, 7) is 16.7. The van der Waals surface area contributed by atoms with Crippen molar-refractivity contribution >= 4 is 53.3 Å². The van der Waals surface area contributed by atoms with Gasteiger partial charge in [-0.3, -0.25) is 15.4 Å². The summed E-state index contributed by atoms with van der Waals surface area (Å²) in [6, 6.07) is 18.7. The van der Waals surface area contributed by atoms with Crippen molar-refractivity contribution in [1.82, 2.24) is 10.6 Å². The van der Waals surface area contributed by atoms with Crippen LogP contribution in [0.3, 0.4) is 0 Å². The highest BCUT2D eigenvalue weighted by atomic mass is 35.5. The molecule has 0 spiro atoms. The van der Waals surface area contributed by atoms with Crippen LogP contribution in [0.5, 0.6) is 5.75 Å². The molecule has 0 heterocycles. The maximum absolute atomic E-state index is 13.0. The zero-order valence-corrected chi connectivity index (χ0v) is 31.7. The number of nitrogens with zero attached hydrogens (tertiary/aromatic N) is 1. The Hall–Kier alpha value is -5.32. The van der Waals surface area contributed by atoms with Gasteiger partial charge in [0.25, 0.3) is 0 Å². The number of aliphatic imine (C=N–C) groups is 1. The lowest BCUT2D eigenvalue weighted by atomic mass is 9.85. The molecule has 0 fully saturated rings. The normalized spacial score (nSPS) is 11.1. The summed E-state index contributed by atoms with van der Waals surface area (Å²) in [4.78, 5) is 71.2. The summed E-state index contributed by atoms with van der Waals surface area (Å²) in [7, 11) is 0. The molecule has 13 heteroatoms. The number of nitrogens with one attached hydrogen (secondary N) is 2. The van der Waals surface area contributed by atoms with Crippen LogP contribution in [0.4, 0.5) is 15.3 Å². The minimum absolute atomic E-state index is 0.0292. The van der Waals surface area contributed by atoms with Crippen LogP contribution in [0.2, 0.25) is 5.02 Å². The van der Waals surface area contributed by atoms with Gasteiger partial charge in [-0.25, -0.2) is 19.4 Å². The second-order valence-electron chi connectivity index (χ2n) is 14.9. The average molecular weight is 736 g/mol. The first kappa shape index (κ1) is 42.8. The highest BCUT2D eigenvalue weighted by Crippen LogP contribution is 2.26. The summed E-state index contributed by atoms with van der Waals surface area (Å²) >= 11 is 6.50. The Kier molecular flexibility index (Phi) is 15.5. The molecule has 2 amide bonds. The largest absolute Gasteiger partial charge is 0.444 e. The van der Waals surface area contributed by atoms with Crippen molar-refractivity contribution in [3.05, 3.63) is 94.0 Å². The van der Waals surface area contributed by atoms with Gasteiger partial charge in [-0.1, -0.05) is 62.7 Å². The van der Waals surface area contributed by atoms with Crippen molar-refractivity contribution < 1.29 is 43.0 Å². The quantitative estimate of drug-likeness (QED) is 0.101. The van der Waals surface area contributed by atoms with E-state index in [0.717, 1.165) is 17.5 Å². The smallest absolute Gasteiger partial charge is 0.414 e. The Morgan fingerprint density at radius 2 is 1.21 bits per heavy atom. The number of esters is 1. The number of carbonyl (C=O) groups excluding carboxylic acids is 6. The second kappa shape index (κ2) is 18.8. The fraction of sp³-hybridized carbons (Fsp3) is 0.385. The highest BCUT2D eigenvalue weighted by Gasteiger charge is 2.22. The first-order valence-electron chi connectivity index (χ1n) is 16.3. The summed E-state index contributed by atoms with van der Waals surface area (Å²) in [5.74, 6) is -0.637. The van der Waals surface area contributed by atoms with Crippen LogP contribution >= 0.6 is 11.6 Å². The van der Waals surface area contributed by atoms with Crippen molar-refractivity contribution in [2.24, 2.45) is 10.4 Å². The third-order valence-electron chi connectivity index (χ3n) is 6.43. The molecule has 0 aliphatic heterocycles. The van der Waals surface area contributed by atoms with Crippen LogP contribution in [0.25, 0.3) is 0 Å². The van der Waals surface area contributed by atoms with Crippen LogP contribution in [0, 0.1) is 5.41 Å². The molecule has 0 saturated heterocycles. The lowest BCUT2D eigenvalue weighted by molar-refractivity contribution is -0.191. The zero-order chi connectivity index (χ0) is 39.3. The molecular formula is C39H46ClN3O9. The number of amides is 2. The first-order chi connectivity index (χ1) is 24.1. The molecule has 52 heavy (non-hydrogen) atoms. The maximum atomic E-state index is 13.0. The van der Waals surface area contributed by atoms with Crippen LogP contribution in [0.15, 0.2) is 71.7 Å². The molecule has 3 aromatic carbocycles. The Labute approximate surface area is 309 Å². The van der Waals surface area contributed by atoms with Gasteiger partial charge in [0.1, 0.15) is 22.7 Å². The molecule has 0 aromatic heterocycles. The standard InChI is InChI=1S/C38H46ClN3O7.CO2/c1-36(2,3)23-27-13-11-10-12-25(27)20-29(43)21-26-16-19-30(22-31(26)39)47-32(44)24-14-17-28(18-15-24)40-33(41-34(45)48-37(4,5)6)42-35(46)49-38(7,8)9;2-1-3/h10-19,22H,20-21,23H2,1-9H3,(H2,40,41,42,45,46);. The van der Waals surface area contributed by atoms with Gasteiger partial charge >= 0.3 is 24.3 Å². The SMILES string of the molecule is CC(C)(C)Cc1ccccc1CC(=O)Cc1ccc(OC(=O)c2ccc(N=C(NC(=O)OC(C)(C)C)NC(=O)OC(C)(C)C)cc2)cc1Cl.O=C=O. The summed E-state index contributed by atoms with van der Waals surface area (Å²) < 4.78 is 16.1. The Morgan fingerprint density at radius 1 is 0.712 bits per heavy atom. The van der Waals surface area contributed by atoms with Crippen LogP contribution in [-0.2, 0) is 43.1 Å². The summed E-state index contributed by atoms with van der Waals surface area (Å²) in [5, 5.41) is 5.12. The van der Waals surface area contributed by atoms with E-state index in [0.29, 0.717) is 22.7 Å². The van der Waals surface area contributed by atoms with Crippen molar-refractivity contribution in [1.29, 1.82) is 0 Å². The van der Waals surface area contributed by atoms with Crippen molar-refractivity contribution in [2.45, 2.75) is 92.8 Å². The predicted octanol–water partition coefficient (Wildman–Crippen LogP) is 7.96. The van der Waals surface area contributed by atoms with E-state index in [1.54, 1.807) is 53.7 Å². The number of carbonyl (C=O) groups is 4. The van der Waals surface area contributed by atoms with E-state index in [9.17, 15) is 19.2 Å². The predicted molar refractivity (Wildman–Crippen MR) is 196 cm³/mol. The number of hydrogen-bond acceptors (Lipinski definition) is 10. The second-order valence-corrected chi connectivity index (χ2v) is 15.3. The minimum atomic E-state index is -0.835. The Morgan fingerprint density at radius 3 is 1.69 bits per heavy atom. The van der Waals surface area contributed by atoms with Gasteiger partial charge in [-0.05, 0) is 106 Å². The molecule has 12 nitrogen and oxygen atoms in total. The first-order valence-corrected chi connectivity index (χ1v) is 16.7. The van der Waals surface area contributed by atoms with E-state index in [2.05, 4.69) is 42.5 Å². The number of alkyl carbamates (subject to hydrolysis) is 2. The number of Topliss-reactive ketones (excluding diaryl/α,β-unsaturated/α-hetero) is 1. The molecule has 3 aromatic rings. The monoisotopic (exact) mass is 735 g/mol. The number of halogens is 1. The molecule has 0 unspecified atom stereocenters. The Balaban J connectivity index is 0.00000301. The molecule has 3 rings (SSSR count). The van der Waals surface area contributed by atoms with Crippen LogP contribution in [0.1, 0.15) is 89.4 Å². The molecule has 0 aliphatic rings. The van der Waals surface area contributed by atoms with E-state index in [1.165, 1.54) is 30.3 Å². The molecule has 2 N–H and O–H groups in total. The van der Waals surface area contributed by atoms with Gasteiger partial charge in [0, 0.05) is 17.9 Å². The van der Waals surface area contributed by atoms with E-state index in [-0.39, 0.29) is 41.0 Å². The third kappa shape index (κ3) is 16.6. The van der Waals surface area contributed by atoms with E-state index in [4.69, 9.17) is 35.4 Å². The van der Waals surface area contributed by atoms with Gasteiger partial charge in [-0.2, -0.15) is 9.59 Å². The van der Waals surface area contributed by atoms with E-state index >= 15 is 0 Å². The molecule has 0 aliphatic carbocycles. The third-order valence-corrected chi connectivity index (χ3v) is 6.78. The number of hydrogen-bond donors (Lipinski definition) is 2. The highest BCUT2D eigenvalue weighted by molar-refractivity contribution is 6.31. The maximum Gasteiger partial charge on any atom is 0.414 e. The van der Waals surface area contributed by atoms with Crippen LogP contribution in [-0.4, -0.2) is 47.3 Å². The van der Waals surface area contributed by atoms with Gasteiger partial charge in [0.05, 0.1) is 11.3 Å². The zero-order valence-electron chi connectivity index (χ0n) is 31.0. The number of ether oxygens (including phenoxy) is 3. The molecule has 0 radical (unpaired) electrons. The van der Waals surface area contributed by atoms with Gasteiger partial charge in [-0.15, -0.1) is 0 Å². The lowest BCUT2D eigenvalue weighted by Crippen LogP contribution is -2.47. The van der Waals surface area contributed by atoms with Gasteiger partial charge in [0.15, 0.2) is 0 Å². The van der Waals surface area contributed by atoms with Gasteiger partial charge in [0.2, 0.25) is 5.96 Å². The molecule has 0 saturated carbocycles. The minimum Gasteiger partial charge on any atom is -0.444 e. The number of rotatable bonds is 8. The summed E-state index contributed by atoms with van der Waals surface area (Å²) in [6.07, 6.45) is -0.109. The number of benzene rings is 3. The Bertz CT molecular complexity index is 1760. The fourth-order valence-electron chi connectivity index (χ4n) is 4.55. The molecular weight excluding hydrogens is 690 g/mol. The lowest BCUT2D eigenvalue weighted by Gasteiger charge is -2.22.